The van der Waals surface area contributed by atoms with Gasteiger partial charge in [-0.15, -0.1) is 11.3 Å². The number of fused-ring (bicyclic) bond motifs is 1. The average Bonchev–Trinajstić information content (AvgIpc) is 2.38. The first-order valence-corrected chi connectivity index (χ1v) is 3.60. The molecular formula is C11H8. The van der Waals surface area contributed by atoms with Crippen LogP contribution in [0.5, 0.6) is 0 Å². The minimum absolute atomic E-state index is 0.807. The van der Waals surface area contributed by atoms with Crippen molar-refractivity contribution in [3.05, 3.63) is 46.3 Å². The van der Waals surface area contributed by atoms with Crippen molar-refractivity contribution in [3.8, 4) is 0 Å². The van der Waals surface area contributed by atoms with Crippen molar-refractivity contribution < 1.29 is 0 Å². The zero-order valence-electron chi connectivity index (χ0n) is 6.12. The molecule has 1 aliphatic carbocycles. The van der Waals surface area contributed by atoms with Crippen LogP contribution in [0.2, 0.25) is 0 Å². The van der Waals surface area contributed by atoms with Crippen molar-refractivity contribution >= 4 is 18.7 Å². The van der Waals surface area contributed by atoms with E-state index in [-0.39, 0.29) is 0 Å². The van der Waals surface area contributed by atoms with E-state index in [0.717, 1.165) is 5.22 Å². The van der Waals surface area contributed by atoms with E-state index < -0.39 is 0 Å². The maximum absolute atomic E-state index is 5.62. The molecule has 0 heteroatoms. The maximum atomic E-state index is 5.62. The molecule has 0 N–H and O–H groups in total. The largest absolute Gasteiger partial charge is 0.197 e. The van der Waals surface area contributed by atoms with Crippen LogP contribution in [-0.2, 0) is 0 Å². The van der Waals surface area contributed by atoms with E-state index in [4.69, 9.17) is 6.58 Å². The van der Waals surface area contributed by atoms with Gasteiger partial charge in [0, 0.05) is 24.3 Å². The van der Waals surface area contributed by atoms with Gasteiger partial charge in [-0.2, -0.15) is 6.58 Å². The Morgan fingerprint density at radius 1 is 1.18 bits per heavy atom. The van der Waals surface area contributed by atoms with Gasteiger partial charge in [-0.3, -0.25) is 0 Å². The lowest BCUT2D eigenvalue weighted by Gasteiger charge is -1.71. The highest BCUT2D eigenvalue weighted by Gasteiger charge is 1.97. The monoisotopic (exact) mass is 140 g/mol. The molecule has 0 aromatic heterocycles. The van der Waals surface area contributed by atoms with Crippen LogP contribution in [0.15, 0.2) is 30.3 Å². The van der Waals surface area contributed by atoms with Gasteiger partial charge >= 0.3 is 0 Å². The van der Waals surface area contributed by atoms with Crippen LogP contribution >= 0.6 is 0 Å². The molecule has 0 spiro atoms. The van der Waals surface area contributed by atoms with Crippen molar-refractivity contribution in [2.45, 2.75) is 0 Å². The van der Waals surface area contributed by atoms with Crippen LogP contribution in [0.3, 0.4) is 0 Å². The topological polar surface area (TPSA) is 0 Å². The van der Waals surface area contributed by atoms with Gasteiger partial charge in [0.05, 0.1) is 10.8 Å². The summed E-state index contributed by atoms with van der Waals surface area (Å²) < 4.78 is 0. The van der Waals surface area contributed by atoms with E-state index in [2.05, 4.69) is 12.2 Å². The Hall–Kier alpha value is -1.43. The number of hydrogen-bond acceptors (Lipinski definition) is 0. The van der Waals surface area contributed by atoms with Crippen molar-refractivity contribution in [2.75, 3.05) is 0 Å². The van der Waals surface area contributed by atoms with Gasteiger partial charge in [-0.25, -0.2) is 0 Å². The smallest absolute Gasteiger partial charge is 0.0750 e. The van der Waals surface area contributed by atoms with E-state index in [1.54, 1.807) is 0 Å². The molecule has 1 aromatic carbocycles. The van der Waals surface area contributed by atoms with Gasteiger partial charge in [0.1, 0.15) is 0 Å². The first kappa shape index (κ1) is 6.29. The third-order valence-corrected chi connectivity index (χ3v) is 1.80. The molecule has 0 heterocycles. The van der Waals surface area contributed by atoms with E-state index in [9.17, 15) is 0 Å². The maximum Gasteiger partial charge on any atom is 0.0750 e. The fraction of sp³-hybridized carbons (Fsp3) is 0. The highest BCUT2D eigenvalue weighted by atomic mass is 14.0. The molecule has 0 amide bonds. The second-order valence-corrected chi connectivity index (χ2v) is 2.60. The zero-order chi connectivity index (χ0) is 7.68. The quantitative estimate of drug-likeness (QED) is 0.473. The molecule has 1 aromatic rings. The molecule has 1 aliphatic rings. The van der Waals surface area contributed by atoms with Crippen molar-refractivity contribution in [1.82, 2.24) is 0 Å². The van der Waals surface area contributed by atoms with Gasteiger partial charge in [0.2, 0.25) is 0 Å². The molecule has 0 radical (unpaired) electrons. The fourth-order valence-electron chi connectivity index (χ4n) is 1.18. The summed E-state index contributed by atoms with van der Waals surface area (Å²) in [6, 6.07) is 7.90. The van der Waals surface area contributed by atoms with Crippen LogP contribution in [0.1, 0.15) is 5.56 Å². The minimum atomic E-state index is 0.807. The van der Waals surface area contributed by atoms with Crippen LogP contribution in [0, 0.1) is 0 Å². The Morgan fingerprint density at radius 2 is 2.09 bits per heavy atom. The predicted molar refractivity (Wildman–Crippen MR) is 48.1 cm³/mol. The van der Waals surface area contributed by atoms with E-state index in [1.807, 2.05) is 30.3 Å². The third-order valence-electron chi connectivity index (χ3n) is 1.80. The zero-order valence-corrected chi connectivity index (χ0v) is 6.12. The first-order valence-electron chi connectivity index (χ1n) is 3.60. The Bertz CT molecular complexity index is 417. The summed E-state index contributed by atoms with van der Waals surface area (Å²) in [5.74, 6) is 0. The first-order chi connectivity index (χ1) is 5.36. The average molecular weight is 140 g/mol. The van der Waals surface area contributed by atoms with E-state index >= 15 is 0 Å². The molecule has 0 bridgehead atoms. The Kier molecular flexibility index (Phi) is 1.32. The second kappa shape index (κ2) is 2.31. The number of hydrogen-bond donors (Lipinski definition) is 0. The van der Waals surface area contributed by atoms with Gasteiger partial charge in [-0.05, 0) is 12.1 Å². The van der Waals surface area contributed by atoms with Gasteiger partial charge < -0.3 is 0 Å². The molecule has 0 fully saturated rings. The van der Waals surface area contributed by atoms with Crippen LogP contribution in [0.25, 0.3) is 18.7 Å². The Labute approximate surface area is 65.8 Å². The van der Waals surface area contributed by atoms with E-state index in [0.29, 0.717) is 0 Å². The molecule has 0 atom stereocenters. The lowest BCUT2D eigenvalue weighted by Crippen LogP contribution is -1.96. The third kappa shape index (κ3) is 1.07. The standard InChI is InChI=1S/C11H8/c1-9-5-7-10-3-2-4-11(10)8-6-9/h1-8H. The summed E-state index contributed by atoms with van der Waals surface area (Å²) in [6.45, 7) is 5.62. The van der Waals surface area contributed by atoms with Crippen LogP contribution < -0.4 is 10.4 Å². The lowest BCUT2D eigenvalue weighted by atomic mass is 10.3. The van der Waals surface area contributed by atoms with Gasteiger partial charge in [0.15, 0.2) is 0 Å². The van der Waals surface area contributed by atoms with Crippen LogP contribution in [-0.4, -0.2) is 0 Å². The highest BCUT2D eigenvalue weighted by molar-refractivity contribution is 5.65. The summed E-state index contributed by atoms with van der Waals surface area (Å²) >= 11 is 0. The molecule has 52 valence electrons. The molecule has 0 nitrogen and oxygen atoms in total. The van der Waals surface area contributed by atoms with Crippen LogP contribution in [0.4, 0.5) is 0 Å². The molecule has 11 heavy (non-hydrogen) atoms. The van der Waals surface area contributed by atoms with Gasteiger partial charge in [-0.1, -0.05) is 0 Å². The van der Waals surface area contributed by atoms with Crippen molar-refractivity contribution in [2.24, 2.45) is 0 Å². The Balaban J connectivity index is 2.88. The van der Waals surface area contributed by atoms with Crippen molar-refractivity contribution in [3.63, 3.8) is 0 Å². The predicted octanol–water partition coefficient (Wildman–Crippen LogP) is 1.06. The Morgan fingerprint density at radius 3 is 3.00 bits per heavy atom. The summed E-state index contributed by atoms with van der Waals surface area (Å²) in [5.41, 5.74) is 1.24. The molecule has 0 saturated carbocycles. The number of rotatable bonds is 0. The van der Waals surface area contributed by atoms with Gasteiger partial charge in [0.25, 0.3) is 0 Å². The normalized spacial score (nSPS) is 12.4. The summed E-state index contributed by atoms with van der Waals surface area (Å²) in [4.78, 5) is 0. The SMILES string of the molecule is [CH-]=c1ccc2[c+](cc1)C=CC=2. The summed E-state index contributed by atoms with van der Waals surface area (Å²) in [5, 5.41) is 2.04. The molecular weight excluding hydrogens is 132 g/mol. The van der Waals surface area contributed by atoms with Crippen molar-refractivity contribution in [1.29, 1.82) is 0 Å². The fourth-order valence-corrected chi connectivity index (χ4v) is 1.18. The molecule has 2 rings (SSSR count). The number of allylic oxidation sites excluding steroid dienone is 1. The highest BCUT2D eigenvalue weighted by Crippen LogP contribution is 1.98. The second-order valence-electron chi connectivity index (χ2n) is 2.60. The molecule has 0 aliphatic heterocycles. The molecule has 0 saturated heterocycles. The summed E-state index contributed by atoms with van der Waals surface area (Å²) in [6.07, 6.45) is 6.20. The summed E-state index contributed by atoms with van der Waals surface area (Å²) in [7, 11) is 0. The molecule has 0 unspecified atom stereocenters. The lowest BCUT2D eigenvalue weighted by molar-refractivity contribution is 1.68. The minimum Gasteiger partial charge on any atom is -0.197 e. The van der Waals surface area contributed by atoms with E-state index in [1.165, 1.54) is 10.8 Å².